The number of rotatable bonds is 18. The molecular weight excluding hydrogens is 610 g/mol. The van der Waals surface area contributed by atoms with Crippen LogP contribution in [0.5, 0.6) is 0 Å². The van der Waals surface area contributed by atoms with Crippen molar-refractivity contribution in [3.63, 3.8) is 0 Å². The molecule has 1 saturated heterocycles. The van der Waals surface area contributed by atoms with Gasteiger partial charge in [0.1, 0.15) is 19.2 Å². The number of likely N-dealkylation sites (tertiary alicyclic amines) is 1. The summed E-state index contributed by atoms with van der Waals surface area (Å²) in [7, 11) is 0. The minimum absolute atomic E-state index is 0.0932. The quantitative estimate of drug-likeness (QED) is 0.0462. The van der Waals surface area contributed by atoms with Gasteiger partial charge in [-0.1, -0.05) is 84.4 Å². The van der Waals surface area contributed by atoms with E-state index in [9.17, 15) is 24.0 Å². The fourth-order valence-corrected chi connectivity index (χ4v) is 5.58. The summed E-state index contributed by atoms with van der Waals surface area (Å²) in [5, 5.41) is 7.78. The number of ether oxygens (including phenoxy) is 1. The molecule has 1 heterocycles. The predicted octanol–water partition coefficient (Wildman–Crippen LogP) is 3.53. The Kier molecular flexibility index (Phi) is 16.3. The molecule has 12 nitrogen and oxygen atoms in total. The van der Waals surface area contributed by atoms with Crippen LogP contribution >= 0.6 is 12.2 Å². The Morgan fingerprint density at radius 2 is 1.80 bits per heavy atom. The third-order valence-corrected chi connectivity index (χ3v) is 8.37. The number of hydrogen-bond donors (Lipinski definition) is 4. The number of nitrogens with one attached hydrogen (secondary N) is 4. The van der Waals surface area contributed by atoms with Crippen LogP contribution in [0.15, 0.2) is 43.0 Å². The van der Waals surface area contributed by atoms with Crippen LogP contribution < -0.4 is 20.7 Å². The van der Waals surface area contributed by atoms with Crippen LogP contribution in [0.25, 0.3) is 0 Å². The monoisotopic (exact) mass is 661 g/mol. The number of hydrogen-bond acceptors (Lipinski definition) is 9. The van der Waals surface area contributed by atoms with Crippen LogP contribution in [0.2, 0.25) is 0 Å². The van der Waals surface area contributed by atoms with Crippen LogP contribution in [-0.4, -0.2) is 78.9 Å². The fourth-order valence-electron chi connectivity index (χ4n) is 4.95. The minimum atomic E-state index is -0.882. The molecule has 4 N–H and O–H groups in total. The SMILES string of the molecule is C=CCNC(=O)C(=O)C(CCC)NSOCC1CC(C(C)C)CN1C(=O)C(NC(=O)NCC(=O)OCc1ccccc1)C(C)(C)C. The van der Waals surface area contributed by atoms with E-state index in [1.165, 1.54) is 6.08 Å². The largest absolute Gasteiger partial charge is 0.460 e. The van der Waals surface area contributed by atoms with E-state index in [1.54, 1.807) is 4.90 Å². The van der Waals surface area contributed by atoms with Gasteiger partial charge in [-0.2, -0.15) is 0 Å². The third kappa shape index (κ3) is 12.8. The molecule has 46 heavy (non-hydrogen) atoms. The van der Waals surface area contributed by atoms with Crippen molar-refractivity contribution in [3.05, 3.63) is 48.6 Å². The maximum absolute atomic E-state index is 14.0. The standard InChI is InChI=1S/C33H51N5O7S/c1-8-13-26(28(40)30(41)34-16-9-2)37-46-45-21-25-17-24(22(3)4)19-38(25)31(42)29(33(5,6)7)36-32(43)35-18-27(39)44-20-23-14-11-10-12-15-23/h9-12,14-15,22,24-26,29,37H,2,8,13,16-21H2,1,3-7H3,(H,34,41)(H2,35,36,43). The molecule has 4 unspecified atom stereocenters. The Labute approximate surface area is 277 Å². The average Bonchev–Trinajstić information content (AvgIpc) is 3.46. The van der Waals surface area contributed by atoms with Crippen molar-refractivity contribution in [3.8, 4) is 0 Å². The maximum atomic E-state index is 14.0. The van der Waals surface area contributed by atoms with E-state index in [0.717, 1.165) is 17.8 Å². The lowest BCUT2D eigenvalue weighted by Crippen LogP contribution is -2.58. The van der Waals surface area contributed by atoms with Crippen molar-refractivity contribution in [1.29, 1.82) is 0 Å². The van der Waals surface area contributed by atoms with Gasteiger partial charge in [0.25, 0.3) is 5.91 Å². The number of urea groups is 1. The number of amides is 4. The van der Waals surface area contributed by atoms with E-state index in [-0.39, 0.29) is 44.2 Å². The molecule has 1 aliphatic rings. The van der Waals surface area contributed by atoms with Gasteiger partial charge in [-0.25, -0.2) is 9.52 Å². The van der Waals surface area contributed by atoms with Gasteiger partial charge in [0.2, 0.25) is 11.7 Å². The molecule has 0 aliphatic carbocycles. The molecule has 1 aliphatic heterocycles. The second-order valence-corrected chi connectivity index (χ2v) is 13.5. The summed E-state index contributed by atoms with van der Waals surface area (Å²) >= 11 is 0.885. The van der Waals surface area contributed by atoms with Crippen molar-refractivity contribution < 1.29 is 32.9 Å². The molecule has 1 aromatic carbocycles. The van der Waals surface area contributed by atoms with E-state index in [1.807, 2.05) is 58.0 Å². The van der Waals surface area contributed by atoms with E-state index in [4.69, 9.17) is 8.92 Å². The smallest absolute Gasteiger partial charge is 0.325 e. The lowest BCUT2D eigenvalue weighted by Gasteiger charge is -2.35. The van der Waals surface area contributed by atoms with E-state index in [0.29, 0.717) is 31.7 Å². The summed E-state index contributed by atoms with van der Waals surface area (Å²) in [5.41, 5.74) is 0.192. The summed E-state index contributed by atoms with van der Waals surface area (Å²) in [5.74, 6) is -1.57. The molecule has 1 aromatic rings. The summed E-state index contributed by atoms with van der Waals surface area (Å²) in [6.45, 7) is 15.9. The fraction of sp³-hybridized carbons (Fsp3) is 0.606. The van der Waals surface area contributed by atoms with E-state index >= 15 is 0 Å². The highest BCUT2D eigenvalue weighted by atomic mass is 32.2. The zero-order chi connectivity index (χ0) is 34.3. The number of benzene rings is 1. The molecule has 256 valence electrons. The van der Waals surface area contributed by atoms with Gasteiger partial charge >= 0.3 is 12.0 Å². The Hall–Kier alpha value is -3.42. The molecule has 0 radical (unpaired) electrons. The molecule has 2 rings (SSSR count). The maximum Gasteiger partial charge on any atom is 0.325 e. The highest BCUT2D eigenvalue weighted by Crippen LogP contribution is 2.32. The topological polar surface area (TPSA) is 155 Å². The summed E-state index contributed by atoms with van der Waals surface area (Å²) in [6.07, 6.45) is 3.34. The van der Waals surface area contributed by atoms with Crippen LogP contribution in [0.1, 0.15) is 66.4 Å². The lowest BCUT2D eigenvalue weighted by atomic mass is 9.85. The molecule has 4 amide bonds. The first-order valence-corrected chi connectivity index (χ1v) is 16.5. The van der Waals surface area contributed by atoms with Gasteiger partial charge in [0, 0.05) is 13.1 Å². The Morgan fingerprint density at radius 3 is 2.41 bits per heavy atom. The Balaban J connectivity index is 2.00. The average molecular weight is 662 g/mol. The molecule has 0 saturated carbocycles. The number of nitrogens with zero attached hydrogens (tertiary/aromatic N) is 1. The highest BCUT2D eigenvalue weighted by molar-refractivity contribution is 7.92. The minimum Gasteiger partial charge on any atom is -0.460 e. The van der Waals surface area contributed by atoms with Gasteiger partial charge in [-0.15, -0.1) is 6.58 Å². The van der Waals surface area contributed by atoms with Crippen LogP contribution in [0.3, 0.4) is 0 Å². The zero-order valence-corrected chi connectivity index (χ0v) is 28.7. The third-order valence-electron chi connectivity index (χ3n) is 7.73. The number of Topliss-reactive ketones (excluding diaryl/α,β-unsaturated/α-hetero) is 1. The van der Waals surface area contributed by atoms with Crippen molar-refractivity contribution in [2.24, 2.45) is 17.3 Å². The van der Waals surface area contributed by atoms with Gasteiger partial charge < -0.3 is 25.6 Å². The molecular formula is C33H51N5O7S. The van der Waals surface area contributed by atoms with E-state index < -0.39 is 41.2 Å². The lowest BCUT2D eigenvalue weighted by molar-refractivity contribution is -0.143. The molecule has 0 spiro atoms. The molecule has 0 bridgehead atoms. The Bertz CT molecular complexity index is 1170. The summed E-state index contributed by atoms with van der Waals surface area (Å²) < 4.78 is 14.0. The Morgan fingerprint density at radius 1 is 1.11 bits per heavy atom. The van der Waals surface area contributed by atoms with Crippen molar-refractivity contribution in [2.45, 2.75) is 85.5 Å². The first kappa shape index (κ1) is 38.8. The van der Waals surface area contributed by atoms with Gasteiger partial charge in [0.15, 0.2) is 0 Å². The normalized spacial score (nSPS) is 17.6. The first-order valence-electron chi connectivity index (χ1n) is 15.8. The van der Waals surface area contributed by atoms with Crippen molar-refractivity contribution in [1.82, 2.24) is 25.6 Å². The molecule has 1 fully saturated rings. The molecule has 4 atom stereocenters. The second kappa shape index (κ2) is 19.3. The molecule has 0 aromatic heterocycles. The van der Waals surface area contributed by atoms with Gasteiger partial charge in [-0.05, 0) is 35.7 Å². The van der Waals surface area contributed by atoms with Crippen molar-refractivity contribution >= 4 is 41.8 Å². The van der Waals surface area contributed by atoms with Gasteiger partial charge in [0.05, 0.1) is 30.9 Å². The molecule has 13 heteroatoms. The summed E-state index contributed by atoms with van der Waals surface area (Å²) in [6, 6.07) is 6.68. The van der Waals surface area contributed by atoms with E-state index in [2.05, 4.69) is 41.1 Å². The number of ketones is 1. The second-order valence-electron chi connectivity index (χ2n) is 12.8. The van der Waals surface area contributed by atoms with Crippen LogP contribution in [0.4, 0.5) is 4.79 Å². The number of carbonyl (C=O) groups is 5. The van der Waals surface area contributed by atoms with Crippen molar-refractivity contribution in [2.75, 3.05) is 26.2 Å². The first-order chi connectivity index (χ1) is 21.8. The number of carbonyl (C=O) groups excluding carboxylic acids is 5. The number of esters is 1. The van der Waals surface area contributed by atoms with Crippen LogP contribution in [0, 0.1) is 17.3 Å². The zero-order valence-electron chi connectivity index (χ0n) is 27.9. The summed E-state index contributed by atoms with van der Waals surface area (Å²) in [4.78, 5) is 65.5. The van der Waals surface area contributed by atoms with Gasteiger partial charge in [-0.3, -0.25) is 23.4 Å². The highest BCUT2D eigenvalue weighted by Gasteiger charge is 2.43. The van der Waals surface area contributed by atoms with Crippen LogP contribution in [-0.2, 0) is 34.7 Å². The predicted molar refractivity (Wildman–Crippen MR) is 178 cm³/mol.